The zero-order valence-corrected chi connectivity index (χ0v) is 14.0. The number of nitrogens with one attached hydrogen (secondary N) is 1. The molecule has 1 aromatic carbocycles. The van der Waals surface area contributed by atoms with Crippen molar-refractivity contribution >= 4 is 18.3 Å². The van der Waals surface area contributed by atoms with Crippen LogP contribution in [-0.2, 0) is 11.3 Å². The molecule has 1 aliphatic carbocycles. The first-order valence-corrected chi connectivity index (χ1v) is 8.36. The van der Waals surface area contributed by atoms with Gasteiger partial charge in [0, 0.05) is 19.6 Å². The largest absolute Gasteiger partial charge is 0.338 e. The van der Waals surface area contributed by atoms with Crippen LogP contribution in [-0.4, -0.2) is 30.4 Å². The number of carbonyl (C=O) groups is 1. The van der Waals surface area contributed by atoms with Gasteiger partial charge in [-0.1, -0.05) is 36.8 Å². The lowest BCUT2D eigenvalue weighted by Gasteiger charge is -2.35. The highest BCUT2D eigenvalue weighted by molar-refractivity contribution is 5.85. The maximum absolute atomic E-state index is 12.9. The number of halogens is 1. The van der Waals surface area contributed by atoms with E-state index in [0.29, 0.717) is 5.91 Å². The monoisotopic (exact) mass is 322 g/mol. The van der Waals surface area contributed by atoms with Crippen LogP contribution < -0.4 is 5.32 Å². The SMILES string of the molecule is Cl.O=C(C1CCCNC1)N(Cc1ccccc1)CC1CCC1. The van der Waals surface area contributed by atoms with E-state index in [0.717, 1.165) is 44.9 Å². The molecule has 0 spiro atoms. The van der Waals surface area contributed by atoms with Gasteiger partial charge in [0.1, 0.15) is 0 Å². The van der Waals surface area contributed by atoms with Gasteiger partial charge < -0.3 is 10.2 Å². The third-order valence-electron chi connectivity index (χ3n) is 4.88. The predicted molar refractivity (Wildman–Crippen MR) is 92.0 cm³/mol. The topological polar surface area (TPSA) is 32.3 Å². The van der Waals surface area contributed by atoms with E-state index in [9.17, 15) is 4.79 Å². The van der Waals surface area contributed by atoms with Crippen molar-refractivity contribution in [1.82, 2.24) is 10.2 Å². The number of hydrogen-bond donors (Lipinski definition) is 1. The maximum Gasteiger partial charge on any atom is 0.227 e. The molecule has 1 heterocycles. The Labute approximate surface area is 139 Å². The van der Waals surface area contributed by atoms with E-state index in [4.69, 9.17) is 0 Å². The van der Waals surface area contributed by atoms with Gasteiger partial charge in [-0.25, -0.2) is 0 Å². The minimum atomic E-state index is 0. The fourth-order valence-electron chi connectivity index (χ4n) is 3.34. The average Bonchev–Trinajstić information content (AvgIpc) is 2.51. The van der Waals surface area contributed by atoms with Crippen LogP contribution in [0.2, 0.25) is 0 Å². The van der Waals surface area contributed by atoms with Gasteiger partial charge in [-0.2, -0.15) is 0 Å². The summed E-state index contributed by atoms with van der Waals surface area (Å²) >= 11 is 0. The molecule has 22 heavy (non-hydrogen) atoms. The van der Waals surface area contributed by atoms with Crippen molar-refractivity contribution in [2.75, 3.05) is 19.6 Å². The molecule has 3 rings (SSSR count). The van der Waals surface area contributed by atoms with Crippen molar-refractivity contribution < 1.29 is 4.79 Å². The molecule has 0 bridgehead atoms. The van der Waals surface area contributed by atoms with E-state index < -0.39 is 0 Å². The van der Waals surface area contributed by atoms with Crippen molar-refractivity contribution in [3.63, 3.8) is 0 Å². The van der Waals surface area contributed by atoms with E-state index in [-0.39, 0.29) is 18.3 Å². The first-order chi connectivity index (χ1) is 10.3. The Bertz CT molecular complexity index is 455. The molecule has 3 nitrogen and oxygen atoms in total. The molecule has 2 aliphatic rings. The van der Waals surface area contributed by atoms with Crippen molar-refractivity contribution in [1.29, 1.82) is 0 Å². The Morgan fingerprint density at radius 2 is 1.91 bits per heavy atom. The molecular formula is C18H27ClN2O. The molecule has 0 aromatic heterocycles. The zero-order chi connectivity index (χ0) is 14.5. The van der Waals surface area contributed by atoms with Crippen LogP contribution in [0.15, 0.2) is 30.3 Å². The van der Waals surface area contributed by atoms with Crippen molar-refractivity contribution in [3.8, 4) is 0 Å². The van der Waals surface area contributed by atoms with Crippen LogP contribution in [0.4, 0.5) is 0 Å². The van der Waals surface area contributed by atoms with Gasteiger partial charge >= 0.3 is 0 Å². The van der Waals surface area contributed by atoms with Crippen LogP contribution in [0.5, 0.6) is 0 Å². The smallest absolute Gasteiger partial charge is 0.227 e. The lowest BCUT2D eigenvalue weighted by Crippen LogP contribution is -2.45. The Balaban J connectivity index is 0.00000176. The summed E-state index contributed by atoms with van der Waals surface area (Å²) in [5.41, 5.74) is 1.24. The predicted octanol–water partition coefficient (Wildman–Crippen LogP) is 3.24. The van der Waals surface area contributed by atoms with Crippen LogP contribution in [0, 0.1) is 11.8 Å². The number of amides is 1. The molecule has 1 saturated carbocycles. The van der Waals surface area contributed by atoms with Crippen molar-refractivity contribution in [2.45, 2.75) is 38.6 Å². The van der Waals surface area contributed by atoms with Gasteiger partial charge in [0.05, 0.1) is 5.92 Å². The van der Waals surface area contributed by atoms with Gasteiger partial charge in [0.2, 0.25) is 5.91 Å². The van der Waals surface area contributed by atoms with Crippen LogP contribution >= 0.6 is 12.4 Å². The van der Waals surface area contributed by atoms with Crippen LogP contribution in [0.3, 0.4) is 0 Å². The van der Waals surface area contributed by atoms with Gasteiger partial charge in [-0.3, -0.25) is 4.79 Å². The minimum Gasteiger partial charge on any atom is -0.338 e. The zero-order valence-electron chi connectivity index (χ0n) is 13.2. The van der Waals surface area contributed by atoms with Crippen molar-refractivity contribution in [3.05, 3.63) is 35.9 Å². The second-order valence-corrected chi connectivity index (χ2v) is 6.54. The summed E-state index contributed by atoms with van der Waals surface area (Å²) in [6.45, 7) is 3.64. The number of piperidine rings is 1. The van der Waals surface area contributed by atoms with E-state index >= 15 is 0 Å². The highest BCUT2D eigenvalue weighted by Crippen LogP contribution is 2.28. The lowest BCUT2D eigenvalue weighted by molar-refractivity contribution is -0.137. The first kappa shape index (κ1) is 17.3. The molecule has 1 aliphatic heterocycles. The highest BCUT2D eigenvalue weighted by atomic mass is 35.5. The second kappa shape index (κ2) is 8.54. The van der Waals surface area contributed by atoms with Gasteiger partial charge in [-0.15, -0.1) is 12.4 Å². The molecule has 1 saturated heterocycles. The van der Waals surface area contributed by atoms with Gasteiger partial charge in [-0.05, 0) is 43.7 Å². The Hall–Kier alpha value is -1.06. The second-order valence-electron chi connectivity index (χ2n) is 6.54. The third-order valence-corrected chi connectivity index (χ3v) is 4.88. The molecular weight excluding hydrogens is 296 g/mol. The van der Waals surface area contributed by atoms with E-state index in [1.165, 1.54) is 24.8 Å². The minimum absolute atomic E-state index is 0. The molecule has 1 aromatic rings. The summed E-state index contributed by atoms with van der Waals surface area (Å²) < 4.78 is 0. The highest BCUT2D eigenvalue weighted by Gasteiger charge is 2.29. The number of nitrogens with zero attached hydrogens (tertiary/aromatic N) is 1. The van der Waals surface area contributed by atoms with E-state index in [1.807, 2.05) is 6.07 Å². The van der Waals surface area contributed by atoms with Crippen LogP contribution in [0.25, 0.3) is 0 Å². The summed E-state index contributed by atoms with van der Waals surface area (Å²) in [6.07, 6.45) is 6.09. The first-order valence-electron chi connectivity index (χ1n) is 8.36. The summed E-state index contributed by atoms with van der Waals surface area (Å²) in [6, 6.07) is 10.4. The molecule has 1 amide bonds. The lowest BCUT2D eigenvalue weighted by atomic mass is 9.84. The third kappa shape index (κ3) is 4.47. The van der Waals surface area contributed by atoms with Gasteiger partial charge in [0.25, 0.3) is 0 Å². The fourth-order valence-corrected chi connectivity index (χ4v) is 3.34. The Morgan fingerprint density at radius 1 is 1.14 bits per heavy atom. The summed E-state index contributed by atoms with van der Waals surface area (Å²) in [7, 11) is 0. The van der Waals surface area contributed by atoms with E-state index in [2.05, 4.69) is 34.5 Å². The molecule has 0 radical (unpaired) electrons. The normalized spacial score (nSPS) is 21.5. The molecule has 122 valence electrons. The summed E-state index contributed by atoms with van der Waals surface area (Å²) in [5.74, 6) is 1.27. The number of rotatable bonds is 5. The quantitative estimate of drug-likeness (QED) is 0.902. The number of carbonyl (C=O) groups excluding carboxylic acids is 1. The standard InChI is InChI=1S/C18H26N2O.ClH/c21-18(17-10-5-11-19-12-17)20(14-16-8-4-9-16)13-15-6-2-1-3-7-15;/h1-3,6-7,16-17,19H,4-5,8-14H2;1H. The summed E-state index contributed by atoms with van der Waals surface area (Å²) in [5, 5.41) is 3.37. The molecule has 4 heteroatoms. The molecule has 2 fully saturated rings. The molecule has 1 atom stereocenters. The Morgan fingerprint density at radius 3 is 2.50 bits per heavy atom. The van der Waals surface area contributed by atoms with E-state index in [1.54, 1.807) is 0 Å². The summed E-state index contributed by atoms with van der Waals surface area (Å²) in [4.78, 5) is 15.0. The number of benzene rings is 1. The number of hydrogen-bond acceptors (Lipinski definition) is 2. The average molecular weight is 323 g/mol. The molecule has 1 unspecified atom stereocenters. The molecule has 1 N–H and O–H groups in total. The van der Waals surface area contributed by atoms with Crippen molar-refractivity contribution in [2.24, 2.45) is 11.8 Å². The van der Waals surface area contributed by atoms with Crippen LogP contribution in [0.1, 0.15) is 37.7 Å². The fraction of sp³-hybridized carbons (Fsp3) is 0.611. The maximum atomic E-state index is 12.9. The van der Waals surface area contributed by atoms with Gasteiger partial charge in [0.15, 0.2) is 0 Å². The Kier molecular flexibility index (Phi) is 6.71.